The fraction of sp³-hybridized carbons (Fsp3) is 0.667. The van der Waals surface area contributed by atoms with E-state index >= 15 is 0 Å². The van der Waals surface area contributed by atoms with Crippen LogP contribution in [0.1, 0.15) is 13.3 Å². The van der Waals surface area contributed by atoms with E-state index in [9.17, 15) is 13.2 Å². The molecular weight excluding hydrogens is 330 g/mol. The SMILES string of the molecule is CC(NS(=O)(=O)c1cnn(C)c1)C(=O)N(C)C1CCNC1.Cl. The molecule has 0 saturated carbocycles. The zero-order valence-electron chi connectivity index (χ0n) is 12.8. The summed E-state index contributed by atoms with van der Waals surface area (Å²) in [6.45, 7) is 3.16. The second-order valence-electron chi connectivity index (χ2n) is 5.29. The molecule has 1 aromatic rings. The third kappa shape index (κ3) is 4.19. The summed E-state index contributed by atoms with van der Waals surface area (Å²) in [5.74, 6) is -0.240. The fourth-order valence-corrected chi connectivity index (χ4v) is 3.52. The third-order valence-corrected chi connectivity index (χ3v) is 5.12. The van der Waals surface area contributed by atoms with Crippen molar-refractivity contribution in [1.29, 1.82) is 0 Å². The molecule has 126 valence electrons. The van der Waals surface area contributed by atoms with Gasteiger partial charge in [0.25, 0.3) is 0 Å². The highest BCUT2D eigenvalue weighted by Crippen LogP contribution is 2.11. The number of likely N-dealkylation sites (N-methyl/N-ethyl adjacent to an activating group) is 1. The molecule has 22 heavy (non-hydrogen) atoms. The molecule has 1 aliphatic heterocycles. The molecule has 10 heteroatoms. The average Bonchev–Trinajstić information content (AvgIpc) is 3.07. The minimum absolute atomic E-state index is 0. The van der Waals surface area contributed by atoms with E-state index in [-0.39, 0.29) is 29.3 Å². The summed E-state index contributed by atoms with van der Waals surface area (Å²) in [4.78, 5) is 14.0. The largest absolute Gasteiger partial charge is 0.340 e. The molecule has 0 aliphatic carbocycles. The number of nitrogens with one attached hydrogen (secondary N) is 2. The molecular formula is C12H22ClN5O3S. The number of sulfonamides is 1. The molecule has 2 atom stereocenters. The molecule has 1 amide bonds. The van der Waals surface area contributed by atoms with Gasteiger partial charge in [0, 0.05) is 32.9 Å². The van der Waals surface area contributed by atoms with Crippen molar-refractivity contribution in [2.24, 2.45) is 7.05 Å². The van der Waals surface area contributed by atoms with Crippen molar-refractivity contribution in [2.75, 3.05) is 20.1 Å². The molecule has 0 bridgehead atoms. The number of carbonyl (C=O) groups excluding carboxylic acids is 1. The number of nitrogens with zero attached hydrogens (tertiary/aromatic N) is 3. The lowest BCUT2D eigenvalue weighted by atomic mass is 10.2. The first kappa shape index (κ1) is 18.9. The Morgan fingerprint density at radius 2 is 2.27 bits per heavy atom. The lowest BCUT2D eigenvalue weighted by Gasteiger charge is -2.27. The van der Waals surface area contributed by atoms with Crippen molar-refractivity contribution in [2.45, 2.75) is 30.3 Å². The van der Waals surface area contributed by atoms with Crippen LogP contribution >= 0.6 is 12.4 Å². The van der Waals surface area contributed by atoms with Crippen LogP contribution in [0.3, 0.4) is 0 Å². The lowest BCUT2D eigenvalue weighted by Crippen LogP contribution is -2.49. The summed E-state index contributed by atoms with van der Waals surface area (Å²) in [6.07, 6.45) is 3.53. The Balaban J connectivity index is 0.00000242. The van der Waals surface area contributed by atoms with Gasteiger partial charge in [0.15, 0.2) is 0 Å². The van der Waals surface area contributed by atoms with Crippen LogP contribution in [-0.4, -0.2) is 61.2 Å². The first-order chi connectivity index (χ1) is 9.81. The van der Waals surface area contributed by atoms with Crippen molar-refractivity contribution in [1.82, 2.24) is 24.7 Å². The number of carbonyl (C=O) groups is 1. The molecule has 0 spiro atoms. The van der Waals surface area contributed by atoms with Gasteiger partial charge in [0.1, 0.15) is 4.90 Å². The van der Waals surface area contributed by atoms with Crippen LogP contribution < -0.4 is 10.0 Å². The minimum atomic E-state index is -3.74. The van der Waals surface area contributed by atoms with Crippen molar-refractivity contribution in [3.63, 3.8) is 0 Å². The Hall–Kier alpha value is -1.16. The van der Waals surface area contributed by atoms with Gasteiger partial charge >= 0.3 is 0 Å². The number of aryl methyl sites for hydroxylation is 1. The number of aromatic nitrogens is 2. The predicted octanol–water partition coefficient (Wildman–Crippen LogP) is -0.671. The van der Waals surface area contributed by atoms with Crippen LogP contribution in [0.2, 0.25) is 0 Å². The van der Waals surface area contributed by atoms with Gasteiger partial charge in [-0.15, -0.1) is 12.4 Å². The van der Waals surface area contributed by atoms with E-state index in [0.29, 0.717) is 0 Å². The zero-order valence-corrected chi connectivity index (χ0v) is 14.4. The van der Waals surface area contributed by atoms with E-state index in [4.69, 9.17) is 0 Å². The third-order valence-electron chi connectivity index (χ3n) is 3.62. The Morgan fingerprint density at radius 3 is 2.77 bits per heavy atom. The van der Waals surface area contributed by atoms with Crippen LogP contribution in [0.25, 0.3) is 0 Å². The molecule has 2 rings (SSSR count). The fourth-order valence-electron chi connectivity index (χ4n) is 2.34. The highest BCUT2D eigenvalue weighted by molar-refractivity contribution is 7.89. The van der Waals surface area contributed by atoms with E-state index in [1.807, 2.05) is 0 Å². The van der Waals surface area contributed by atoms with Gasteiger partial charge < -0.3 is 10.2 Å². The Bertz CT molecular complexity index is 612. The molecule has 1 aromatic heterocycles. The van der Waals surface area contributed by atoms with E-state index in [1.54, 1.807) is 25.9 Å². The number of halogens is 1. The predicted molar refractivity (Wildman–Crippen MR) is 84.3 cm³/mol. The van der Waals surface area contributed by atoms with Crippen LogP contribution in [0.4, 0.5) is 0 Å². The Morgan fingerprint density at radius 1 is 1.59 bits per heavy atom. The molecule has 0 aromatic carbocycles. The molecule has 1 fully saturated rings. The standard InChI is InChI=1S/C12H21N5O3S.ClH/c1-9(12(18)17(3)10-4-5-13-6-10)15-21(19,20)11-7-14-16(2)8-11;/h7-10,13,15H,4-6H2,1-3H3;1H. The van der Waals surface area contributed by atoms with Gasteiger partial charge in [-0.2, -0.15) is 9.82 Å². The summed E-state index contributed by atoms with van der Waals surface area (Å²) >= 11 is 0. The van der Waals surface area contributed by atoms with Gasteiger partial charge in [0.2, 0.25) is 15.9 Å². The van der Waals surface area contributed by atoms with Crippen LogP contribution in [0, 0.1) is 0 Å². The maximum Gasteiger partial charge on any atom is 0.244 e. The van der Waals surface area contributed by atoms with E-state index in [0.717, 1.165) is 19.5 Å². The number of rotatable bonds is 5. The van der Waals surface area contributed by atoms with Crippen molar-refractivity contribution >= 4 is 28.3 Å². The first-order valence-electron chi connectivity index (χ1n) is 6.79. The molecule has 1 aliphatic rings. The minimum Gasteiger partial charge on any atom is -0.340 e. The molecule has 1 saturated heterocycles. The van der Waals surface area contributed by atoms with Crippen LogP contribution in [-0.2, 0) is 21.9 Å². The van der Waals surface area contributed by atoms with Crippen LogP contribution in [0.5, 0.6) is 0 Å². The summed E-state index contributed by atoms with van der Waals surface area (Å²) in [6, 6.07) is -0.705. The number of hydrogen-bond acceptors (Lipinski definition) is 5. The smallest absolute Gasteiger partial charge is 0.244 e. The second-order valence-corrected chi connectivity index (χ2v) is 7.00. The monoisotopic (exact) mass is 351 g/mol. The van der Waals surface area contributed by atoms with Crippen molar-refractivity contribution in [3.8, 4) is 0 Å². The molecule has 0 radical (unpaired) electrons. The van der Waals surface area contributed by atoms with E-state index in [2.05, 4.69) is 15.1 Å². The van der Waals surface area contributed by atoms with Crippen LogP contribution in [0.15, 0.2) is 17.3 Å². The van der Waals surface area contributed by atoms with Gasteiger partial charge in [-0.25, -0.2) is 8.42 Å². The lowest BCUT2D eigenvalue weighted by molar-refractivity contribution is -0.133. The molecule has 2 heterocycles. The summed E-state index contributed by atoms with van der Waals surface area (Å²) < 4.78 is 28.1. The van der Waals surface area contributed by atoms with Gasteiger partial charge in [-0.1, -0.05) is 0 Å². The molecule has 8 nitrogen and oxygen atoms in total. The Labute approximate surface area is 136 Å². The first-order valence-corrected chi connectivity index (χ1v) is 8.28. The highest BCUT2D eigenvalue weighted by Gasteiger charge is 2.29. The van der Waals surface area contributed by atoms with Gasteiger partial charge in [0.05, 0.1) is 12.2 Å². The topological polar surface area (TPSA) is 96.3 Å². The second kappa shape index (κ2) is 7.40. The zero-order chi connectivity index (χ0) is 15.6. The maximum absolute atomic E-state index is 12.3. The van der Waals surface area contributed by atoms with Crippen molar-refractivity contribution in [3.05, 3.63) is 12.4 Å². The van der Waals surface area contributed by atoms with Gasteiger partial charge in [-0.3, -0.25) is 9.48 Å². The number of amides is 1. The number of hydrogen-bond donors (Lipinski definition) is 2. The van der Waals surface area contributed by atoms with Crippen molar-refractivity contribution < 1.29 is 13.2 Å². The summed E-state index contributed by atoms with van der Waals surface area (Å²) in [5, 5.41) is 7.01. The van der Waals surface area contributed by atoms with E-state index in [1.165, 1.54) is 17.1 Å². The summed E-state index contributed by atoms with van der Waals surface area (Å²) in [7, 11) is -0.401. The Kier molecular flexibility index (Phi) is 6.36. The average molecular weight is 352 g/mol. The maximum atomic E-state index is 12.3. The quantitative estimate of drug-likeness (QED) is 0.733. The normalized spacial score (nSPS) is 19.5. The van der Waals surface area contributed by atoms with E-state index < -0.39 is 16.1 Å². The molecule has 2 N–H and O–H groups in total. The molecule has 2 unspecified atom stereocenters. The summed E-state index contributed by atoms with van der Waals surface area (Å²) in [5.41, 5.74) is 0. The van der Waals surface area contributed by atoms with Gasteiger partial charge in [-0.05, 0) is 19.9 Å². The highest BCUT2D eigenvalue weighted by atomic mass is 35.5.